The molecule has 4 unspecified atom stereocenters. The van der Waals surface area contributed by atoms with Crippen LogP contribution in [-0.2, 0) is 30.4 Å². The van der Waals surface area contributed by atoms with Crippen LogP contribution in [0.1, 0.15) is 24.8 Å². The molecule has 0 saturated heterocycles. The maximum atomic E-state index is 13.0. The molecule has 0 saturated carbocycles. The van der Waals surface area contributed by atoms with Gasteiger partial charge in [0.05, 0.1) is 6.04 Å². The third kappa shape index (κ3) is 9.26. The quantitative estimate of drug-likeness (QED) is 0.124. The summed E-state index contributed by atoms with van der Waals surface area (Å²) in [6.45, 7) is 0. The molecule has 0 spiro atoms. The van der Waals surface area contributed by atoms with Gasteiger partial charge in [-0.3, -0.25) is 19.2 Å². The van der Waals surface area contributed by atoms with Crippen LogP contribution in [0.5, 0.6) is 0 Å². The summed E-state index contributed by atoms with van der Waals surface area (Å²) in [4.78, 5) is 64.2. The number of primary amides is 1. The van der Waals surface area contributed by atoms with Gasteiger partial charge in [0, 0.05) is 29.3 Å². The van der Waals surface area contributed by atoms with Crippen LogP contribution < -0.4 is 27.4 Å². The average molecular weight is 567 g/mol. The Morgan fingerprint density at radius 1 is 1.00 bits per heavy atom. The van der Waals surface area contributed by atoms with E-state index in [4.69, 9.17) is 11.5 Å². The molecule has 9 N–H and O–H groups in total. The number of para-hydroxylation sites is 1. The lowest BCUT2D eigenvalue weighted by Crippen LogP contribution is -2.58. The Hall–Kier alpha value is -3.23. The summed E-state index contributed by atoms with van der Waals surface area (Å²) < 4.78 is 0. The number of carbonyl (C=O) groups excluding carboxylic acids is 4. The molecule has 2 rings (SSSR count). The third-order valence-corrected chi connectivity index (χ3v) is 6.81. The fourth-order valence-electron chi connectivity index (χ4n) is 3.70. The molecule has 0 bridgehead atoms. The molecule has 12 nitrogen and oxygen atoms in total. The van der Waals surface area contributed by atoms with Crippen LogP contribution in [-0.4, -0.2) is 81.6 Å². The van der Waals surface area contributed by atoms with Gasteiger partial charge in [-0.25, -0.2) is 4.79 Å². The molecule has 0 fully saturated rings. The molecule has 0 aliphatic rings. The number of H-pyrrole nitrogens is 1. The Labute approximate surface area is 229 Å². The number of thiol groups is 1. The van der Waals surface area contributed by atoms with Gasteiger partial charge in [-0.2, -0.15) is 24.4 Å². The van der Waals surface area contributed by atoms with Crippen LogP contribution in [0.15, 0.2) is 30.5 Å². The van der Waals surface area contributed by atoms with Crippen molar-refractivity contribution in [2.75, 3.05) is 17.8 Å². The van der Waals surface area contributed by atoms with E-state index in [0.29, 0.717) is 5.75 Å². The van der Waals surface area contributed by atoms with Crippen LogP contribution in [0.4, 0.5) is 0 Å². The highest BCUT2D eigenvalue weighted by atomic mass is 32.2. The summed E-state index contributed by atoms with van der Waals surface area (Å²) in [5.74, 6) is -3.57. The smallest absolute Gasteiger partial charge is 0.326 e. The first-order chi connectivity index (χ1) is 18.1. The number of rotatable bonds is 16. The number of aromatic nitrogens is 1. The van der Waals surface area contributed by atoms with E-state index in [1.165, 1.54) is 11.8 Å². The number of aliphatic carboxylic acids is 1. The van der Waals surface area contributed by atoms with E-state index in [0.717, 1.165) is 16.5 Å². The van der Waals surface area contributed by atoms with Crippen LogP contribution in [0, 0.1) is 0 Å². The number of amides is 4. The average Bonchev–Trinajstić information content (AvgIpc) is 3.29. The third-order valence-electron chi connectivity index (χ3n) is 5.80. The number of hydrogen-bond donors (Lipinski definition) is 8. The molecular weight excluding hydrogens is 532 g/mol. The first-order valence-electron chi connectivity index (χ1n) is 11.9. The second kappa shape index (κ2) is 15.2. The predicted molar refractivity (Wildman–Crippen MR) is 149 cm³/mol. The minimum Gasteiger partial charge on any atom is -0.480 e. The molecule has 2 aromatic rings. The molecule has 0 aliphatic carbocycles. The molecule has 4 atom stereocenters. The zero-order chi connectivity index (χ0) is 28.2. The van der Waals surface area contributed by atoms with Crippen molar-refractivity contribution in [1.29, 1.82) is 0 Å². The number of carbonyl (C=O) groups is 5. The standard InChI is InChI=1S/C24H34N6O6S2/c1-38-9-8-17(22(33)29-18(24(35)36)6-7-20(26)31)28-23(34)19(12-37)30-21(32)15(25)10-13-11-27-16-5-3-2-4-14(13)16/h2-5,11,15,17-19,27,37H,6-10,12,25H2,1H3,(H2,26,31)(H,28,34)(H,29,33)(H,30,32)(H,35,36). The second-order valence-corrected chi connectivity index (χ2v) is 10.0. The summed E-state index contributed by atoms with van der Waals surface area (Å²) in [6.07, 6.45) is 3.61. The lowest BCUT2D eigenvalue weighted by Gasteiger charge is -2.24. The van der Waals surface area contributed by atoms with Crippen LogP contribution in [0.2, 0.25) is 0 Å². The van der Waals surface area contributed by atoms with Crippen molar-refractivity contribution in [2.45, 2.75) is 49.9 Å². The maximum Gasteiger partial charge on any atom is 0.326 e. The number of thioether (sulfide) groups is 1. The fraction of sp³-hybridized carbons (Fsp3) is 0.458. The first-order valence-corrected chi connectivity index (χ1v) is 13.9. The molecule has 1 aromatic heterocycles. The molecule has 1 aromatic carbocycles. The molecule has 208 valence electrons. The van der Waals surface area contributed by atoms with Gasteiger partial charge < -0.3 is 37.5 Å². The van der Waals surface area contributed by atoms with E-state index in [1.807, 2.05) is 30.5 Å². The first kappa shape index (κ1) is 31.0. The molecule has 0 radical (unpaired) electrons. The van der Waals surface area contributed by atoms with Crippen molar-refractivity contribution in [1.82, 2.24) is 20.9 Å². The second-order valence-electron chi connectivity index (χ2n) is 8.66. The Kier molecular flexibility index (Phi) is 12.4. The number of carboxylic acids is 1. The van der Waals surface area contributed by atoms with Gasteiger partial charge in [0.1, 0.15) is 18.1 Å². The zero-order valence-electron chi connectivity index (χ0n) is 20.9. The van der Waals surface area contributed by atoms with E-state index in [-0.39, 0.29) is 31.4 Å². The fourth-order valence-corrected chi connectivity index (χ4v) is 4.42. The summed E-state index contributed by atoms with van der Waals surface area (Å²) in [6, 6.07) is 3.13. The largest absolute Gasteiger partial charge is 0.480 e. The minimum atomic E-state index is -1.36. The highest BCUT2D eigenvalue weighted by molar-refractivity contribution is 7.98. The van der Waals surface area contributed by atoms with Crippen molar-refractivity contribution in [2.24, 2.45) is 11.5 Å². The molecule has 14 heteroatoms. The highest BCUT2D eigenvalue weighted by Gasteiger charge is 2.30. The topological polar surface area (TPSA) is 209 Å². The SMILES string of the molecule is CSCCC(NC(=O)C(CS)NC(=O)C(N)Cc1c[nH]c2ccccc12)C(=O)NC(CCC(N)=O)C(=O)O. The Bertz CT molecular complexity index is 1140. The predicted octanol–water partition coefficient (Wildman–Crippen LogP) is -0.475. The van der Waals surface area contributed by atoms with Crippen molar-refractivity contribution < 1.29 is 29.1 Å². The summed E-state index contributed by atoms with van der Waals surface area (Å²) in [5, 5.41) is 17.8. The molecule has 4 amide bonds. The monoisotopic (exact) mass is 566 g/mol. The van der Waals surface area contributed by atoms with Gasteiger partial charge in [0.25, 0.3) is 0 Å². The Morgan fingerprint density at radius 3 is 2.26 bits per heavy atom. The number of aromatic amines is 1. The number of fused-ring (bicyclic) bond motifs is 1. The Morgan fingerprint density at radius 2 is 1.63 bits per heavy atom. The molecular formula is C24H34N6O6S2. The van der Waals surface area contributed by atoms with Crippen molar-refractivity contribution in [3.05, 3.63) is 36.0 Å². The van der Waals surface area contributed by atoms with Gasteiger partial charge in [0.15, 0.2) is 0 Å². The van der Waals surface area contributed by atoms with Gasteiger partial charge in [0.2, 0.25) is 23.6 Å². The lowest BCUT2D eigenvalue weighted by atomic mass is 10.0. The van der Waals surface area contributed by atoms with E-state index < -0.39 is 53.8 Å². The zero-order valence-corrected chi connectivity index (χ0v) is 22.6. The number of benzene rings is 1. The lowest BCUT2D eigenvalue weighted by molar-refractivity contribution is -0.142. The molecule has 38 heavy (non-hydrogen) atoms. The summed E-state index contributed by atoms with van der Waals surface area (Å²) in [5.41, 5.74) is 13.0. The van der Waals surface area contributed by atoms with Crippen molar-refractivity contribution in [3.8, 4) is 0 Å². The summed E-state index contributed by atoms with van der Waals surface area (Å²) >= 11 is 5.59. The van der Waals surface area contributed by atoms with Crippen molar-refractivity contribution in [3.63, 3.8) is 0 Å². The van der Waals surface area contributed by atoms with E-state index >= 15 is 0 Å². The maximum absolute atomic E-state index is 13.0. The molecule has 0 aliphatic heterocycles. The summed E-state index contributed by atoms with van der Waals surface area (Å²) in [7, 11) is 0. The van der Waals surface area contributed by atoms with Crippen LogP contribution in [0.3, 0.4) is 0 Å². The highest BCUT2D eigenvalue weighted by Crippen LogP contribution is 2.18. The van der Waals surface area contributed by atoms with E-state index in [9.17, 15) is 29.1 Å². The van der Waals surface area contributed by atoms with Crippen LogP contribution >= 0.6 is 24.4 Å². The van der Waals surface area contributed by atoms with Crippen molar-refractivity contribution >= 4 is 64.9 Å². The van der Waals surface area contributed by atoms with Gasteiger partial charge in [-0.1, -0.05) is 18.2 Å². The van der Waals surface area contributed by atoms with Gasteiger partial charge in [-0.15, -0.1) is 0 Å². The normalized spacial score (nSPS) is 14.2. The number of nitrogens with two attached hydrogens (primary N) is 2. The number of nitrogens with one attached hydrogen (secondary N) is 4. The van der Waals surface area contributed by atoms with Gasteiger partial charge >= 0.3 is 5.97 Å². The van der Waals surface area contributed by atoms with Gasteiger partial charge in [-0.05, 0) is 42.9 Å². The molecule has 1 heterocycles. The number of carboxylic acid groups (broad SMARTS) is 1. The van der Waals surface area contributed by atoms with E-state index in [2.05, 4.69) is 33.6 Å². The van der Waals surface area contributed by atoms with E-state index in [1.54, 1.807) is 6.20 Å². The minimum absolute atomic E-state index is 0.0649. The number of hydrogen-bond acceptors (Lipinski definition) is 8. The Balaban J connectivity index is 2.03. The van der Waals surface area contributed by atoms with Crippen LogP contribution in [0.25, 0.3) is 10.9 Å².